The summed E-state index contributed by atoms with van der Waals surface area (Å²) >= 11 is 0. The molecule has 2 rings (SSSR count). The lowest BCUT2D eigenvalue weighted by molar-refractivity contribution is -0.0220. The van der Waals surface area contributed by atoms with Gasteiger partial charge >= 0.3 is 6.03 Å². The van der Waals surface area contributed by atoms with E-state index < -0.39 is 5.92 Å². The molecule has 5 nitrogen and oxygen atoms in total. The summed E-state index contributed by atoms with van der Waals surface area (Å²) in [5.74, 6) is -1.94. The number of amides is 2. The number of benzene rings is 1. The Morgan fingerprint density at radius 1 is 1.36 bits per heavy atom. The van der Waals surface area contributed by atoms with Gasteiger partial charge in [0.15, 0.2) is 11.5 Å². The Labute approximate surface area is 128 Å². The number of nitrogens with one attached hydrogen (secondary N) is 1. The van der Waals surface area contributed by atoms with Gasteiger partial charge in [0.2, 0.25) is 0 Å². The summed E-state index contributed by atoms with van der Waals surface area (Å²) in [6.45, 7) is 2.45. The predicted octanol–water partition coefficient (Wildman–Crippen LogP) is 3.04. The Kier molecular flexibility index (Phi) is 5.05. The van der Waals surface area contributed by atoms with Crippen LogP contribution >= 0.6 is 0 Å². The minimum Gasteiger partial charge on any atom is -0.493 e. The van der Waals surface area contributed by atoms with Crippen molar-refractivity contribution in [3.63, 3.8) is 0 Å². The van der Waals surface area contributed by atoms with Crippen LogP contribution in [0.5, 0.6) is 11.5 Å². The van der Waals surface area contributed by atoms with Crippen LogP contribution in [0.1, 0.15) is 19.8 Å². The van der Waals surface area contributed by atoms with Gasteiger partial charge in [-0.25, -0.2) is 13.6 Å². The smallest absolute Gasteiger partial charge is 0.321 e. The second-order valence-electron chi connectivity index (χ2n) is 5.03. The van der Waals surface area contributed by atoms with Crippen molar-refractivity contribution in [1.29, 1.82) is 0 Å². The molecule has 1 aliphatic heterocycles. The topological polar surface area (TPSA) is 50.8 Å². The monoisotopic (exact) mass is 314 g/mol. The highest BCUT2D eigenvalue weighted by atomic mass is 19.3. The summed E-state index contributed by atoms with van der Waals surface area (Å²) in [6, 6.07) is 4.84. The summed E-state index contributed by atoms with van der Waals surface area (Å²) in [4.78, 5) is 13.2. The zero-order chi connectivity index (χ0) is 16.2. The Bertz CT molecular complexity index is 538. The van der Waals surface area contributed by atoms with E-state index >= 15 is 0 Å². The molecule has 7 heteroatoms. The van der Waals surface area contributed by atoms with Crippen molar-refractivity contribution >= 4 is 11.7 Å². The number of carbonyl (C=O) groups excluding carboxylic acids is 1. The van der Waals surface area contributed by atoms with Crippen LogP contribution in [-0.4, -0.2) is 38.8 Å². The number of rotatable bonds is 7. The molecule has 2 amide bonds. The molecule has 1 aromatic carbocycles. The van der Waals surface area contributed by atoms with Crippen molar-refractivity contribution in [2.45, 2.75) is 25.7 Å². The van der Waals surface area contributed by atoms with E-state index in [0.29, 0.717) is 30.3 Å². The Morgan fingerprint density at radius 2 is 2.14 bits per heavy atom. The molecule has 0 spiro atoms. The molecule has 0 unspecified atom stereocenters. The van der Waals surface area contributed by atoms with E-state index in [4.69, 9.17) is 9.47 Å². The van der Waals surface area contributed by atoms with E-state index in [0.717, 1.165) is 0 Å². The number of nitrogens with zero attached hydrogens (tertiary/aromatic N) is 1. The molecule has 22 heavy (non-hydrogen) atoms. The van der Waals surface area contributed by atoms with Gasteiger partial charge in [0.05, 0.1) is 13.7 Å². The van der Waals surface area contributed by atoms with E-state index in [1.54, 1.807) is 23.1 Å². The van der Waals surface area contributed by atoms with E-state index in [2.05, 4.69) is 5.32 Å². The summed E-state index contributed by atoms with van der Waals surface area (Å²) < 4.78 is 37.1. The second-order valence-corrected chi connectivity index (χ2v) is 5.03. The Hall–Kier alpha value is -2.05. The van der Waals surface area contributed by atoms with Crippen LogP contribution in [0.4, 0.5) is 19.3 Å². The number of hydrogen-bond acceptors (Lipinski definition) is 3. The standard InChI is InChI=1S/C15H20F2N2O3/c1-3-15(16,17)6-9-22-13-10-11(4-5-12(13)21-2)19-8-7-18-14(19)20/h4-5,10H,3,6-9H2,1-2H3,(H,18,20). The summed E-state index contributed by atoms with van der Waals surface area (Å²) in [5, 5.41) is 2.70. The fourth-order valence-electron chi connectivity index (χ4n) is 2.15. The Morgan fingerprint density at radius 3 is 2.73 bits per heavy atom. The maximum absolute atomic E-state index is 13.2. The van der Waals surface area contributed by atoms with Crippen LogP contribution in [-0.2, 0) is 0 Å². The molecular weight excluding hydrogens is 294 g/mol. The molecule has 1 fully saturated rings. The van der Waals surface area contributed by atoms with E-state index in [-0.39, 0.29) is 25.5 Å². The average Bonchev–Trinajstić information content (AvgIpc) is 2.93. The third-order valence-corrected chi connectivity index (χ3v) is 3.56. The number of urea groups is 1. The molecule has 1 N–H and O–H groups in total. The first kappa shape index (κ1) is 16.3. The summed E-state index contributed by atoms with van der Waals surface area (Å²) in [6.07, 6.45) is -0.581. The largest absolute Gasteiger partial charge is 0.493 e. The molecule has 0 bridgehead atoms. The predicted molar refractivity (Wildman–Crippen MR) is 79.1 cm³/mol. The van der Waals surface area contributed by atoms with Crippen LogP contribution in [0.25, 0.3) is 0 Å². The van der Waals surface area contributed by atoms with Crippen LogP contribution in [0.2, 0.25) is 0 Å². The van der Waals surface area contributed by atoms with Gasteiger partial charge in [0.1, 0.15) is 0 Å². The second kappa shape index (κ2) is 6.81. The normalized spacial score (nSPS) is 14.9. The average molecular weight is 314 g/mol. The number of hydrogen-bond donors (Lipinski definition) is 1. The SMILES string of the molecule is CCC(F)(F)CCOc1cc(N2CCNC2=O)ccc1OC. The molecule has 1 saturated heterocycles. The van der Waals surface area contributed by atoms with Crippen LogP contribution in [0.15, 0.2) is 18.2 Å². The summed E-state index contributed by atoms with van der Waals surface area (Å²) in [7, 11) is 1.48. The maximum Gasteiger partial charge on any atom is 0.321 e. The Balaban J connectivity index is 2.09. The van der Waals surface area contributed by atoms with Crippen molar-refractivity contribution < 1.29 is 23.0 Å². The fraction of sp³-hybridized carbons (Fsp3) is 0.533. The van der Waals surface area contributed by atoms with Crippen molar-refractivity contribution in [2.24, 2.45) is 0 Å². The van der Waals surface area contributed by atoms with Gasteiger partial charge in [-0.3, -0.25) is 4.90 Å². The molecule has 0 aromatic heterocycles. The van der Waals surface area contributed by atoms with Crippen molar-refractivity contribution in [3.05, 3.63) is 18.2 Å². The number of alkyl halides is 2. The molecule has 1 heterocycles. The quantitative estimate of drug-likeness (QED) is 0.841. The number of methoxy groups -OCH3 is 1. The van der Waals surface area contributed by atoms with E-state index in [1.807, 2.05) is 0 Å². The molecule has 0 atom stereocenters. The summed E-state index contributed by atoms with van der Waals surface area (Å²) in [5.41, 5.74) is 0.646. The van der Waals surface area contributed by atoms with Crippen molar-refractivity contribution in [1.82, 2.24) is 5.32 Å². The zero-order valence-electron chi connectivity index (χ0n) is 12.7. The first-order chi connectivity index (χ1) is 10.5. The lowest BCUT2D eigenvalue weighted by atomic mass is 10.2. The van der Waals surface area contributed by atoms with Gasteiger partial charge in [0, 0.05) is 37.7 Å². The molecule has 0 saturated carbocycles. The maximum atomic E-state index is 13.2. The highest BCUT2D eigenvalue weighted by Gasteiger charge is 2.26. The van der Waals surface area contributed by atoms with Gasteiger partial charge in [-0.05, 0) is 12.1 Å². The molecule has 1 aliphatic rings. The molecule has 0 aliphatic carbocycles. The van der Waals surface area contributed by atoms with Gasteiger partial charge in [-0.2, -0.15) is 0 Å². The van der Waals surface area contributed by atoms with Gasteiger partial charge < -0.3 is 14.8 Å². The number of carbonyl (C=O) groups is 1. The zero-order valence-corrected chi connectivity index (χ0v) is 12.7. The minimum atomic E-state index is -2.74. The minimum absolute atomic E-state index is 0.118. The fourth-order valence-corrected chi connectivity index (χ4v) is 2.15. The molecule has 122 valence electrons. The van der Waals surface area contributed by atoms with Gasteiger partial charge in [-0.15, -0.1) is 0 Å². The van der Waals surface area contributed by atoms with Gasteiger partial charge in [0.25, 0.3) is 5.92 Å². The molecular formula is C15H20F2N2O3. The van der Waals surface area contributed by atoms with Crippen LogP contribution in [0.3, 0.4) is 0 Å². The molecule has 1 aromatic rings. The number of ether oxygens (including phenoxy) is 2. The third-order valence-electron chi connectivity index (χ3n) is 3.56. The van der Waals surface area contributed by atoms with Crippen LogP contribution in [0, 0.1) is 0 Å². The first-order valence-electron chi connectivity index (χ1n) is 7.21. The van der Waals surface area contributed by atoms with E-state index in [1.165, 1.54) is 14.0 Å². The van der Waals surface area contributed by atoms with E-state index in [9.17, 15) is 13.6 Å². The lowest BCUT2D eigenvalue weighted by Crippen LogP contribution is -2.27. The first-order valence-corrected chi connectivity index (χ1v) is 7.21. The van der Waals surface area contributed by atoms with Crippen molar-refractivity contribution in [3.8, 4) is 11.5 Å². The third kappa shape index (κ3) is 3.78. The highest BCUT2D eigenvalue weighted by Crippen LogP contribution is 2.33. The number of halogens is 2. The highest BCUT2D eigenvalue weighted by molar-refractivity contribution is 5.94. The van der Waals surface area contributed by atoms with Gasteiger partial charge in [-0.1, -0.05) is 6.92 Å². The van der Waals surface area contributed by atoms with Crippen molar-refractivity contribution in [2.75, 3.05) is 31.7 Å². The lowest BCUT2D eigenvalue weighted by Gasteiger charge is -2.18. The van der Waals surface area contributed by atoms with Crippen LogP contribution < -0.4 is 19.7 Å². The molecule has 0 radical (unpaired) electrons. The number of anilines is 1.